The maximum atomic E-state index is 12.2. The number of amides is 1. The van der Waals surface area contributed by atoms with Gasteiger partial charge in [0.1, 0.15) is 0 Å². The Morgan fingerprint density at radius 1 is 1.14 bits per heavy atom. The summed E-state index contributed by atoms with van der Waals surface area (Å²) in [5, 5.41) is 3.58. The summed E-state index contributed by atoms with van der Waals surface area (Å²) in [5.74, 6) is 5.39. The summed E-state index contributed by atoms with van der Waals surface area (Å²) in [5.41, 5.74) is 7.15. The minimum Gasteiger partial charge on any atom is -0.322 e. The number of rotatable bonds is 2. The summed E-state index contributed by atoms with van der Waals surface area (Å²) in [6, 6.07) is 11.9. The first kappa shape index (κ1) is 15.4. The van der Waals surface area contributed by atoms with Crippen LogP contribution in [0.2, 0.25) is 10.0 Å². The Labute approximate surface area is 133 Å². The van der Waals surface area contributed by atoms with Crippen molar-refractivity contribution in [3.8, 4) is 11.8 Å². The first-order valence-electron chi connectivity index (χ1n) is 6.15. The van der Waals surface area contributed by atoms with Gasteiger partial charge in [-0.25, -0.2) is 0 Å². The molecule has 5 heteroatoms. The third kappa shape index (κ3) is 4.24. The number of nitrogens with two attached hydrogens (primary N) is 1. The van der Waals surface area contributed by atoms with Gasteiger partial charge in [-0.15, -0.1) is 0 Å². The van der Waals surface area contributed by atoms with Gasteiger partial charge in [-0.1, -0.05) is 41.1 Å². The zero-order chi connectivity index (χ0) is 15.2. The molecule has 0 spiro atoms. The van der Waals surface area contributed by atoms with Gasteiger partial charge in [0.25, 0.3) is 5.91 Å². The largest absolute Gasteiger partial charge is 0.322 e. The van der Waals surface area contributed by atoms with Crippen molar-refractivity contribution in [3.05, 3.63) is 63.6 Å². The Hall–Kier alpha value is -1.99. The molecule has 2 rings (SSSR count). The van der Waals surface area contributed by atoms with Crippen molar-refractivity contribution in [2.75, 3.05) is 11.9 Å². The lowest BCUT2D eigenvalue weighted by Crippen LogP contribution is -2.11. The molecule has 106 valence electrons. The van der Waals surface area contributed by atoms with Crippen LogP contribution in [0.15, 0.2) is 42.5 Å². The monoisotopic (exact) mass is 318 g/mol. The van der Waals surface area contributed by atoms with E-state index in [4.69, 9.17) is 28.9 Å². The molecule has 0 aliphatic heterocycles. The lowest BCUT2D eigenvalue weighted by atomic mass is 10.1. The number of halogens is 2. The van der Waals surface area contributed by atoms with Crippen LogP contribution >= 0.6 is 23.2 Å². The molecule has 21 heavy (non-hydrogen) atoms. The highest BCUT2D eigenvalue weighted by atomic mass is 35.5. The molecule has 0 saturated heterocycles. The molecule has 0 radical (unpaired) electrons. The molecule has 0 heterocycles. The van der Waals surface area contributed by atoms with Crippen LogP contribution in [0.5, 0.6) is 0 Å². The Bertz CT molecular complexity index is 733. The van der Waals surface area contributed by atoms with Crippen LogP contribution < -0.4 is 11.1 Å². The number of carbonyl (C=O) groups excluding carboxylic acids is 1. The molecular weight excluding hydrogens is 307 g/mol. The highest BCUT2D eigenvalue weighted by Crippen LogP contribution is 2.25. The topological polar surface area (TPSA) is 55.1 Å². The average molecular weight is 319 g/mol. The molecule has 0 aromatic heterocycles. The van der Waals surface area contributed by atoms with Crippen molar-refractivity contribution < 1.29 is 4.79 Å². The van der Waals surface area contributed by atoms with E-state index in [0.717, 1.165) is 5.56 Å². The van der Waals surface area contributed by atoms with Gasteiger partial charge in [0, 0.05) is 16.8 Å². The molecule has 0 fully saturated rings. The quantitative estimate of drug-likeness (QED) is 0.832. The zero-order valence-electron chi connectivity index (χ0n) is 11.0. The van der Waals surface area contributed by atoms with E-state index in [1.165, 1.54) is 0 Å². The predicted octanol–water partition coefficient (Wildman–Crippen LogP) is 3.56. The molecule has 0 aliphatic carbocycles. The van der Waals surface area contributed by atoms with Crippen LogP contribution in [0.3, 0.4) is 0 Å². The summed E-state index contributed by atoms with van der Waals surface area (Å²) < 4.78 is 0. The molecule has 2 aromatic rings. The second-order valence-electron chi connectivity index (χ2n) is 4.17. The third-order valence-corrected chi connectivity index (χ3v) is 3.38. The normalized spacial score (nSPS) is 9.67. The van der Waals surface area contributed by atoms with Crippen molar-refractivity contribution in [1.29, 1.82) is 0 Å². The fourth-order valence-corrected chi connectivity index (χ4v) is 1.97. The summed E-state index contributed by atoms with van der Waals surface area (Å²) in [4.78, 5) is 12.2. The third-order valence-electron chi connectivity index (χ3n) is 2.64. The standard InChI is InChI=1S/C16H12Cl2N2O/c17-14-7-6-13(10-15(14)18)20-16(21)12-5-1-3-11(9-12)4-2-8-19/h1,3,5-7,9-10H,8,19H2,(H,20,21). The van der Waals surface area contributed by atoms with E-state index in [1.807, 2.05) is 6.07 Å². The second-order valence-corrected chi connectivity index (χ2v) is 4.98. The second kappa shape index (κ2) is 7.14. The van der Waals surface area contributed by atoms with Gasteiger partial charge in [0.15, 0.2) is 0 Å². The SMILES string of the molecule is NCC#Cc1cccc(C(=O)Nc2ccc(Cl)c(Cl)c2)c1. The molecule has 3 N–H and O–H groups in total. The van der Waals surface area contributed by atoms with E-state index < -0.39 is 0 Å². The minimum absolute atomic E-state index is 0.246. The lowest BCUT2D eigenvalue weighted by molar-refractivity contribution is 0.102. The maximum absolute atomic E-state index is 12.2. The molecule has 0 aliphatic rings. The highest BCUT2D eigenvalue weighted by molar-refractivity contribution is 6.42. The van der Waals surface area contributed by atoms with E-state index in [-0.39, 0.29) is 12.5 Å². The molecule has 2 aromatic carbocycles. The number of carbonyl (C=O) groups is 1. The highest BCUT2D eigenvalue weighted by Gasteiger charge is 2.07. The van der Waals surface area contributed by atoms with Crippen molar-refractivity contribution in [2.24, 2.45) is 5.73 Å². The molecule has 3 nitrogen and oxygen atoms in total. The van der Waals surface area contributed by atoms with Gasteiger partial charge in [-0.3, -0.25) is 4.79 Å². The molecule has 0 saturated carbocycles. The number of benzene rings is 2. The van der Waals surface area contributed by atoms with E-state index in [9.17, 15) is 4.79 Å². The number of hydrogen-bond acceptors (Lipinski definition) is 2. The van der Waals surface area contributed by atoms with Gasteiger partial charge in [0.05, 0.1) is 16.6 Å². The Morgan fingerprint density at radius 2 is 1.95 bits per heavy atom. The summed E-state index contributed by atoms with van der Waals surface area (Å²) in [6.45, 7) is 0.277. The smallest absolute Gasteiger partial charge is 0.255 e. The lowest BCUT2D eigenvalue weighted by Gasteiger charge is -2.06. The first-order chi connectivity index (χ1) is 10.1. The number of nitrogens with one attached hydrogen (secondary N) is 1. The number of hydrogen-bond donors (Lipinski definition) is 2. The summed E-state index contributed by atoms with van der Waals surface area (Å²) in [6.07, 6.45) is 0. The van der Waals surface area contributed by atoms with Crippen molar-refractivity contribution in [2.45, 2.75) is 0 Å². The van der Waals surface area contributed by atoms with Gasteiger partial charge < -0.3 is 11.1 Å². The van der Waals surface area contributed by atoms with Gasteiger partial charge >= 0.3 is 0 Å². The van der Waals surface area contributed by atoms with Gasteiger partial charge in [-0.2, -0.15) is 0 Å². The molecule has 0 bridgehead atoms. The van der Waals surface area contributed by atoms with E-state index in [0.29, 0.717) is 21.3 Å². The first-order valence-corrected chi connectivity index (χ1v) is 6.91. The Balaban J connectivity index is 2.18. The zero-order valence-corrected chi connectivity index (χ0v) is 12.5. The van der Waals surface area contributed by atoms with E-state index in [2.05, 4.69) is 17.2 Å². The van der Waals surface area contributed by atoms with Crippen LogP contribution in [0, 0.1) is 11.8 Å². The van der Waals surface area contributed by atoms with Crippen LogP contribution in [-0.4, -0.2) is 12.5 Å². The van der Waals surface area contributed by atoms with E-state index in [1.54, 1.807) is 36.4 Å². The van der Waals surface area contributed by atoms with Gasteiger partial charge in [-0.05, 0) is 36.4 Å². The van der Waals surface area contributed by atoms with E-state index >= 15 is 0 Å². The molecule has 0 unspecified atom stereocenters. The van der Waals surface area contributed by atoms with Crippen molar-refractivity contribution >= 4 is 34.8 Å². The minimum atomic E-state index is -0.246. The molecule has 1 amide bonds. The fourth-order valence-electron chi connectivity index (χ4n) is 1.67. The summed E-state index contributed by atoms with van der Waals surface area (Å²) >= 11 is 11.7. The molecule has 0 atom stereocenters. The van der Waals surface area contributed by atoms with Gasteiger partial charge in [0.2, 0.25) is 0 Å². The van der Waals surface area contributed by atoms with Crippen LogP contribution in [0.4, 0.5) is 5.69 Å². The maximum Gasteiger partial charge on any atom is 0.255 e. The molecular formula is C16H12Cl2N2O. The van der Waals surface area contributed by atoms with Crippen LogP contribution in [0.1, 0.15) is 15.9 Å². The van der Waals surface area contributed by atoms with Crippen molar-refractivity contribution in [3.63, 3.8) is 0 Å². The van der Waals surface area contributed by atoms with Crippen molar-refractivity contribution in [1.82, 2.24) is 0 Å². The summed E-state index contributed by atoms with van der Waals surface area (Å²) in [7, 11) is 0. The fraction of sp³-hybridized carbons (Fsp3) is 0.0625. The average Bonchev–Trinajstić information content (AvgIpc) is 2.49. The van der Waals surface area contributed by atoms with Crippen LogP contribution in [-0.2, 0) is 0 Å². The van der Waals surface area contributed by atoms with Crippen LogP contribution in [0.25, 0.3) is 0 Å². The number of anilines is 1. The Morgan fingerprint density at radius 3 is 2.67 bits per heavy atom. The predicted molar refractivity (Wildman–Crippen MR) is 86.8 cm³/mol. The Kier molecular flexibility index (Phi) is 5.24.